The summed E-state index contributed by atoms with van der Waals surface area (Å²) in [5.74, 6) is 0.300. The number of nitrogens with zero attached hydrogens (tertiary/aromatic N) is 4. The van der Waals surface area contributed by atoms with Gasteiger partial charge < -0.3 is 19.9 Å². The van der Waals surface area contributed by atoms with Gasteiger partial charge in [0.05, 0.1) is 0 Å². The van der Waals surface area contributed by atoms with Gasteiger partial charge in [-0.2, -0.15) is 13.2 Å². The van der Waals surface area contributed by atoms with Gasteiger partial charge >= 0.3 is 12.2 Å². The fourth-order valence-electron chi connectivity index (χ4n) is 3.41. The number of hydrogen-bond acceptors (Lipinski definition) is 4. The summed E-state index contributed by atoms with van der Waals surface area (Å²) in [7, 11) is 1.39. The van der Waals surface area contributed by atoms with Crippen LogP contribution in [0.1, 0.15) is 25.1 Å². The topological polar surface area (TPSA) is 73.6 Å². The number of rotatable bonds is 6. The number of alkyl halides is 3. The van der Waals surface area contributed by atoms with Crippen molar-refractivity contribution in [2.45, 2.75) is 31.0 Å². The molecule has 1 atom stereocenters. The van der Waals surface area contributed by atoms with Gasteiger partial charge in [-0.1, -0.05) is 0 Å². The average molecular weight is 389 g/mol. The normalized spacial score (nSPS) is 21.1. The Morgan fingerprint density at radius 2 is 1.96 bits per heavy atom. The van der Waals surface area contributed by atoms with Crippen LogP contribution in [0.5, 0.6) is 0 Å². The molecule has 10 heteroatoms. The number of carbonyl (C=O) groups is 1. The fraction of sp³-hybridized carbons (Fsp3) is 0.765. The molecule has 1 saturated heterocycles. The predicted octanol–water partition coefficient (Wildman–Crippen LogP) is 1.30. The van der Waals surface area contributed by atoms with Crippen LogP contribution in [0.15, 0.2) is 12.4 Å². The highest BCUT2D eigenvalue weighted by molar-refractivity contribution is 5.74. The lowest BCUT2D eigenvalue weighted by atomic mass is 9.97. The van der Waals surface area contributed by atoms with E-state index in [9.17, 15) is 23.1 Å². The van der Waals surface area contributed by atoms with E-state index >= 15 is 0 Å². The van der Waals surface area contributed by atoms with Crippen molar-refractivity contribution in [3.05, 3.63) is 18.2 Å². The highest BCUT2D eigenvalue weighted by Crippen LogP contribution is 2.40. The summed E-state index contributed by atoms with van der Waals surface area (Å²) in [6.07, 6.45) is -0.505. The standard InChI is InChI=1S/C17H26F3N5O2/c1-23-7-6-21-14(23)16(27,17(18,19)20)4-5-22-15(26)25-10-8-24(9-11-25)12-13-2-3-13/h6-7,13,27H,2-5,8-12H2,1H3,(H,22,26). The Labute approximate surface area is 156 Å². The lowest BCUT2D eigenvalue weighted by Gasteiger charge is -2.35. The van der Waals surface area contributed by atoms with Crippen LogP contribution >= 0.6 is 0 Å². The maximum Gasteiger partial charge on any atom is 0.424 e. The summed E-state index contributed by atoms with van der Waals surface area (Å²) < 4.78 is 41.5. The second kappa shape index (κ2) is 7.67. The molecule has 3 rings (SSSR count). The molecule has 1 aliphatic carbocycles. The number of aliphatic hydroxyl groups is 1. The number of imidazole rings is 1. The molecule has 1 unspecified atom stereocenters. The van der Waals surface area contributed by atoms with Gasteiger partial charge in [0, 0.05) is 65.1 Å². The quantitative estimate of drug-likeness (QED) is 0.769. The number of amides is 2. The summed E-state index contributed by atoms with van der Waals surface area (Å²) in [6, 6.07) is -0.398. The van der Waals surface area contributed by atoms with Crippen molar-refractivity contribution in [1.29, 1.82) is 0 Å². The zero-order chi connectivity index (χ0) is 19.7. The summed E-state index contributed by atoms with van der Waals surface area (Å²) >= 11 is 0. The van der Waals surface area contributed by atoms with Crippen molar-refractivity contribution in [3.8, 4) is 0 Å². The van der Waals surface area contributed by atoms with Crippen LogP contribution in [0.2, 0.25) is 0 Å². The Balaban J connectivity index is 1.50. The van der Waals surface area contributed by atoms with E-state index in [1.54, 1.807) is 4.90 Å². The zero-order valence-electron chi connectivity index (χ0n) is 15.4. The Morgan fingerprint density at radius 3 is 2.48 bits per heavy atom. The van der Waals surface area contributed by atoms with Crippen LogP contribution in [0.3, 0.4) is 0 Å². The van der Waals surface area contributed by atoms with E-state index in [4.69, 9.17) is 0 Å². The molecule has 27 heavy (non-hydrogen) atoms. The Bertz CT molecular complexity index is 653. The predicted molar refractivity (Wildman–Crippen MR) is 91.9 cm³/mol. The summed E-state index contributed by atoms with van der Waals surface area (Å²) in [5.41, 5.74) is -3.11. The Kier molecular flexibility index (Phi) is 5.66. The fourth-order valence-corrected chi connectivity index (χ4v) is 3.41. The molecule has 1 aromatic heterocycles. The molecular weight excluding hydrogens is 363 g/mol. The van der Waals surface area contributed by atoms with Gasteiger partial charge in [0.15, 0.2) is 0 Å². The molecule has 152 valence electrons. The van der Waals surface area contributed by atoms with Gasteiger partial charge in [0.2, 0.25) is 5.60 Å². The maximum atomic E-state index is 13.4. The average Bonchev–Trinajstić information content (AvgIpc) is 3.31. The molecule has 2 aliphatic rings. The number of urea groups is 1. The van der Waals surface area contributed by atoms with Crippen molar-refractivity contribution in [1.82, 2.24) is 24.7 Å². The van der Waals surface area contributed by atoms with E-state index in [0.717, 1.165) is 30.1 Å². The van der Waals surface area contributed by atoms with Crippen LogP contribution in [0, 0.1) is 5.92 Å². The maximum absolute atomic E-state index is 13.4. The second-order valence-corrected chi connectivity index (χ2v) is 7.43. The molecule has 2 heterocycles. The number of piperazine rings is 1. The number of carbonyl (C=O) groups excluding carboxylic acids is 1. The molecule has 1 aromatic rings. The first kappa shape index (κ1) is 19.9. The summed E-state index contributed by atoms with van der Waals surface area (Å²) in [5, 5.41) is 12.8. The molecular formula is C17H26F3N5O2. The Hall–Kier alpha value is -1.81. The van der Waals surface area contributed by atoms with Gasteiger partial charge in [-0.25, -0.2) is 9.78 Å². The lowest BCUT2D eigenvalue weighted by molar-refractivity contribution is -0.272. The third-order valence-corrected chi connectivity index (χ3v) is 5.30. The first-order valence-corrected chi connectivity index (χ1v) is 9.23. The van der Waals surface area contributed by atoms with Gasteiger partial charge in [0.1, 0.15) is 5.82 Å². The highest BCUT2D eigenvalue weighted by Gasteiger charge is 2.57. The first-order valence-electron chi connectivity index (χ1n) is 9.23. The van der Waals surface area contributed by atoms with Gasteiger partial charge in [-0.15, -0.1) is 0 Å². The third-order valence-electron chi connectivity index (χ3n) is 5.30. The molecule has 0 spiro atoms. The van der Waals surface area contributed by atoms with Crippen molar-refractivity contribution in [3.63, 3.8) is 0 Å². The molecule has 0 aromatic carbocycles. The molecule has 1 saturated carbocycles. The first-order chi connectivity index (χ1) is 12.7. The van der Waals surface area contributed by atoms with Crippen LogP contribution in [0.25, 0.3) is 0 Å². The lowest BCUT2D eigenvalue weighted by Crippen LogP contribution is -2.53. The molecule has 2 N–H and O–H groups in total. The van der Waals surface area contributed by atoms with Gasteiger partial charge in [-0.05, 0) is 18.8 Å². The monoisotopic (exact) mass is 389 g/mol. The van der Waals surface area contributed by atoms with Crippen LogP contribution < -0.4 is 5.32 Å². The number of halogens is 3. The van der Waals surface area contributed by atoms with Crippen molar-refractivity contribution < 1.29 is 23.1 Å². The second-order valence-electron chi connectivity index (χ2n) is 7.43. The van der Waals surface area contributed by atoms with Gasteiger partial charge in [-0.3, -0.25) is 4.90 Å². The number of hydrogen-bond donors (Lipinski definition) is 2. The van der Waals surface area contributed by atoms with Crippen LogP contribution in [0.4, 0.5) is 18.0 Å². The molecule has 0 radical (unpaired) electrons. The molecule has 1 aliphatic heterocycles. The number of aryl methyl sites for hydroxylation is 1. The van der Waals surface area contributed by atoms with Crippen molar-refractivity contribution in [2.75, 3.05) is 39.3 Å². The van der Waals surface area contributed by atoms with E-state index in [-0.39, 0.29) is 6.54 Å². The molecule has 0 bridgehead atoms. The smallest absolute Gasteiger partial charge is 0.374 e. The van der Waals surface area contributed by atoms with E-state index in [1.807, 2.05) is 0 Å². The minimum Gasteiger partial charge on any atom is -0.374 e. The largest absolute Gasteiger partial charge is 0.424 e. The zero-order valence-corrected chi connectivity index (χ0v) is 15.4. The summed E-state index contributed by atoms with van der Waals surface area (Å²) in [6.45, 7) is 3.44. The molecule has 2 fully saturated rings. The van der Waals surface area contributed by atoms with Crippen LogP contribution in [-0.2, 0) is 12.6 Å². The Morgan fingerprint density at radius 1 is 1.30 bits per heavy atom. The molecule has 2 amide bonds. The minimum absolute atomic E-state index is 0.302. The van der Waals surface area contributed by atoms with E-state index in [1.165, 1.54) is 32.3 Å². The number of nitrogens with one attached hydrogen (secondary N) is 1. The highest BCUT2D eigenvalue weighted by atomic mass is 19.4. The summed E-state index contributed by atoms with van der Waals surface area (Å²) in [4.78, 5) is 19.8. The number of aromatic nitrogens is 2. The van der Waals surface area contributed by atoms with E-state index in [0.29, 0.717) is 13.1 Å². The SMILES string of the molecule is Cn1ccnc1C(O)(CCNC(=O)N1CCN(CC2CC2)CC1)C(F)(F)F. The molecule has 7 nitrogen and oxygen atoms in total. The van der Waals surface area contributed by atoms with Crippen molar-refractivity contribution >= 4 is 6.03 Å². The van der Waals surface area contributed by atoms with E-state index in [2.05, 4.69) is 15.2 Å². The third kappa shape index (κ3) is 4.55. The van der Waals surface area contributed by atoms with Crippen LogP contribution in [-0.4, -0.2) is 75.9 Å². The van der Waals surface area contributed by atoms with Gasteiger partial charge in [0.25, 0.3) is 0 Å². The van der Waals surface area contributed by atoms with Crippen molar-refractivity contribution in [2.24, 2.45) is 13.0 Å². The minimum atomic E-state index is -4.90. The van der Waals surface area contributed by atoms with E-state index < -0.39 is 30.1 Å².